The highest BCUT2D eigenvalue weighted by molar-refractivity contribution is 5.80. The molecule has 1 atom stereocenters. The molecule has 1 aliphatic rings. The molecule has 74 valence electrons. The van der Waals surface area contributed by atoms with E-state index in [9.17, 15) is 4.79 Å². The van der Waals surface area contributed by atoms with Crippen molar-refractivity contribution in [2.75, 3.05) is 13.6 Å². The highest BCUT2D eigenvalue weighted by atomic mass is 16.2. The molecule has 14 heavy (non-hydrogen) atoms. The van der Waals surface area contributed by atoms with Gasteiger partial charge in [-0.25, -0.2) is 0 Å². The minimum Gasteiger partial charge on any atom is -0.329 e. The summed E-state index contributed by atoms with van der Waals surface area (Å²) in [7, 11) is 1.84. The summed E-state index contributed by atoms with van der Waals surface area (Å²) in [4.78, 5) is 13.0. The minimum atomic E-state index is 0.157. The van der Waals surface area contributed by atoms with Crippen LogP contribution in [0, 0.1) is 0 Å². The Morgan fingerprint density at radius 2 is 2.14 bits per heavy atom. The Morgan fingerprint density at radius 1 is 1.43 bits per heavy atom. The van der Waals surface area contributed by atoms with Crippen LogP contribution < -0.4 is 5.32 Å². The fourth-order valence-electron chi connectivity index (χ4n) is 1.69. The van der Waals surface area contributed by atoms with Gasteiger partial charge in [-0.15, -0.1) is 0 Å². The predicted octanol–water partition coefficient (Wildman–Crippen LogP) is 0.617. The molecular formula is C11H14N2O. The summed E-state index contributed by atoms with van der Waals surface area (Å²) >= 11 is 0. The van der Waals surface area contributed by atoms with E-state index in [0.717, 1.165) is 6.42 Å². The number of rotatable bonds is 2. The number of hydrogen-bond acceptors (Lipinski definition) is 2. The van der Waals surface area contributed by atoms with Crippen LogP contribution in [0.25, 0.3) is 0 Å². The summed E-state index contributed by atoms with van der Waals surface area (Å²) in [6.07, 6.45) is 1.04. The molecule has 3 heteroatoms. The maximum Gasteiger partial charge on any atom is 0.237 e. The fraction of sp³-hybridized carbons (Fsp3) is 0.364. The van der Waals surface area contributed by atoms with Crippen LogP contribution in [0.15, 0.2) is 30.3 Å². The van der Waals surface area contributed by atoms with Gasteiger partial charge in [0.25, 0.3) is 0 Å². The molecular weight excluding hydrogens is 176 g/mol. The highest BCUT2D eigenvalue weighted by Crippen LogP contribution is 2.09. The van der Waals surface area contributed by atoms with E-state index >= 15 is 0 Å². The molecule has 0 radical (unpaired) electrons. The second-order valence-electron chi connectivity index (χ2n) is 3.59. The molecule has 3 nitrogen and oxygen atoms in total. The van der Waals surface area contributed by atoms with E-state index in [-0.39, 0.29) is 12.1 Å². The van der Waals surface area contributed by atoms with Gasteiger partial charge in [0, 0.05) is 13.5 Å². The highest BCUT2D eigenvalue weighted by Gasteiger charge is 2.26. The molecule has 1 aliphatic heterocycles. The van der Waals surface area contributed by atoms with Crippen LogP contribution in [0.3, 0.4) is 0 Å². The number of likely N-dealkylation sites (N-methyl/N-ethyl adjacent to an activating group) is 1. The third kappa shape index (κ3) is 1.77. The SMILES string of the molecule is CN1C(=O)CNC1Cc1ccccc1. The number of amides is 1. The van der Waals surface area contributed by atoms with E-state index in [1.807, 2.05) is 25.2 Å². The molecule has 1 unspecified atom stereocenters. The molecule has 0 bridgehead atoms. The van der Waals surface area contributed by atoms with Crippen LogP contribution in [0.2, 0.25) is 0 Å². The van der Waals surface area contributed by atoms with Crippen molar-refractivity contribution in [2.24, 2.45) is 0 Å². The van der Waals surface area contributed by atoms with Crippen molar-refractivity contribution < 1.29 is 4.79 Å². The van der Waals surface area contributed by atoms with Crippen LogP contribution >= 0.6 is 0 Å². The van der Waals surface area contributed by atoms with Crippen molar-refractivity contribution in [1.29, 1.82) is 0 Å². The maximum absolute atomic E-state index is 11.2. The van der Waals surface area contributed by atoms with Crippen molar-refractivity contribution in [3.63, 3.8) is 0 Å². The van der Waals surface area contributed by atoms with Crippen LogP contribution in [0.4, 0.5) is 0 Å². The molecule has 1 heterocycles. The van der Waals surface area contributed by atoms with Crippen LogP contribution in [0.1, 0.15) is 5.56 Å². The quantitative estimate of drug-likeness (QED) is 0.741. The molecule has 1 N–H and O–H groups in total. The van der Waals surface area contributed by atoms with Crippen molar-refractivity contribution in [3.05, 3.63) is 35.9 Å². The maximum atomic E-state index is 11.2. The van der Waals surface area contributed by atoms with Crippen molar-refractivity contribution in [1.82, 2.24) is 10.2 Å². The molecule has 1 amide bonds. The first kappa shape index (κ1) is 9.21. The first-order chi connectivity index (χ1) is 6.77. The summed E-state index contributed by atoms with van der Waals surface area (Å²) in [6.45, 7) is 0.466. The van der Waals surface area contributed by atoms with Gasteiger partial charge in [-0.3, -0.25) is 10.1 Å². The number of nitrogens with one attached hydrogen (secondary N) is 1. The number of benzene rings is 1. The zero-order valence-corrected chi connectivity index (χ0v) is 8.23. The van der Waals surface area contributed by atoms with E-state index in [0.29, 0.717) is 6.54 Å². The van der Waals surface area contributed by atoms with E-state index in [1.165, 1.54) is 5.56 Å². The first-order valence-electron chi connectivity index (χ1n) is 4.80. The monoisotopic (exact) mass is 190 g/mol. The second-order valence-corrected chi connectivity index (χ2v) is 3.59. The summed E-state index contributed by atoms with van der Waals surface area (Å²) in [5.41, 5.74) is 1.26. The Hall–Kier alpha value is -1.35. The number of nitrogens with zero attached hydrogens (tertiary/aromatic N) is 1. The van der Waals surface area contributed by atoms with Gasteiger partial charge in [0.15, 0.2) is 0 Å². The Labute approximate surface area is 83.7 Å². The van der Waals surface area contributed by atoms with Gasteiger partial charge in [0.1, 0.15) is 0 Å². The third-order valence-electron chi connectivity index (χ3n) is 2.62. The molecule has 1 saturated heterocycles. The lowest BCUT2D eigenvalue weighted by Crippen LogP contribution is -2.35. The first-order valence-corrected chi connectivity index (χ1v) is 4.80. The fourth-order valence-corrected chi connectivity index (χ4v) is 1.69. The van der Waals surface area contributed by atoms with E-state index < -0.39 is 0 Å². The van der Waals surface area contributed by atoms with Gasteiger partial charge in [0.2, 0.25) is 5.91 Å². The van der Waals surface area contributed by atoms with Gasteiger partial charge in [-0.2, -0.15) is 0 Å². The zero-order chi connectivity index (χ0) is 9.97. The van der Waals surface area contributed by atoms with Crippen LogP contribution in [0.5, 0.6) is 0 Å². The van der Waals surface area contributed by atoms with Gasteiger partial charge >= 0.3 is 0 Å². The molecule has 0 spiro atoms. The Kier molecular flexibility index (Phi) is 2.50. The second kappa shape index (κ2) is 3.80. The molecule has 0 saturated carbocycles. The van der Waals surface area contributed by atoms with Crippen molar-refractivity contribution >= 4 is 5.91 Å². The van der Waals surface area contributed by atoms with Gasteiger partial charge in [-0.05, 0) is 5.56 Å². The van der Waals surface area contributed by atoms with Crippen molar-refractivity contribution in [2.45, 2.75) is 12.6 Å². The Morgan fingerprint density at radius 3 is 2.71 bits per heavy atom. The lowest BCUT2D eigenvalue weighted by molar-refractivity contribution is -0.126. The Balaban J connectivity index is 2.02. The van der Waals surface area contributed by atoms with Gasteiger partial charge < -0.3 is 4.90 Å². The smallest absolute Gasteiger partial charge is 0.237 e. The lowest BCUT2D eigenvalue weighted by atomic mass is 10.1. The van der Waals surface area contributed by atoms with Gasteiger partial charge in [-0.1, -0.05) is 30.3 Å². The van der Waals surface area contributed by atoms with E-state index in [4.69, 9.17) is 0 Å². The standard InChI is InChI=1S/C11H14N2O/c1-13-10(12-8-11(13)14)7-9-5-3-2-4-6-9/h2-6,10,12H,7-8H2,1H3. The van der Waals surface area contributed by atoms with E-state index in [2.05, 4.69) is 17.4 Å². The molecule has 0 aromatic heterocycles. The number of carbonyl (C=O) groups excluding carboxylic acids is 1. The van der Waals surface area contributed by atoms with E-state index in [1.54, 1.807) is 4.90 Å². The largest absolute Gasteiger partial charge is 0.329 e. The normalized spacial score (nSPS) is 21.6. The number of hydrogen-bond donors (Lipinski definition) is 1. The Bertz CT molecular complexity index is 323. The topological polar surface area (TPSA) is 32.3 Å². The molecule has 1 fully saturated rings. The molecule has 2 rings (SSSR count). The predicted molar refractivity (Wildman–Crippen MR) is 54.7 cm³/mol. The summed E-state index contributed by atoms with van der Waals surface area (Å²) in [5, 5.41) is 3.18. The van der Waals surface area contributed by atoms with Crippen LogP contribution in [-0.2, 0) is 11.2 Å². The van der Waals surface area contributed by atoms with Gasteiger partial charge in [0.05, 0.1) is 12.7 Å². The average Bonchev–Trinajstić information content (AvgIpc) is 2.52. The summed E-state index contributed by atoms with van der Waals surface area (Å²) < 4.78 is 0. The summed E-state index contributed by atoms with van der Waals surface area (Å²) in [6, 6.07) is 10.2. The van der Waals surface area contributed by atoms with Crippen molar-refractivity contribution in [3.8, 4) is 0 Å². The minimum absolute atomic E-state index is 0.157. The van der Waals surface area contributed by atoms with Crippen LogP contribution in [-0.4, -0.2) is 30.6 Å². The molecule has 1 aromatic rings. The molecule has 0 aliphatic carbocycles. The zero-order valence-electron chi connectivity index (χ0n) is 8.23. The average molecular weight is 190 g/mol. The summed E-state index contributed by atoms with van der Waals surface area (Å²) in [5.74, 6) is 0.172. The number of carbonyl (C=O) groups is 1. The lowest BCUT2D eigenvalue weighted by Gasteiger charge is -2.19. The molecule has 1 aromatic carbocycles. The third-order valence-corrected chi connectivity index (χ3v) is 2.62.